The van der Waals surface area contributed by atoms with Gasteiger partial charge < -0.3 is 29.8 Å². The molecule has 1 fully saturated rings. The lowest BCUT2D eigenvalue weighted by atomic mass is 10.2. The van der Waals surface area contributed by atoms with Gasteiger partial charge in [0.05, 0.1) is 12.8 Å². The monoisotopic (exact) mass is 479 g/mol. The highest BCUT2D eigenvalue weighted by Crippen LogP contribution is 2.21. The molecular weight excluding hydrogens is 450 g/mol. The Hall–Kier alpha value is -3.90. The number of oxazole rings is 1. The van der Waals surface area contributed by atoms with Gasteiger partial charge in [0.1, 0.15) is 24.4 Å². The molecule has 0 bridgehead atoms. The second-order valence-electron chi connectivity index (χ2n) is 8.13. The van der Waals surface area contributed by atoms with Crippen molar-refractivity contribution >= 4 is 23.1 Å². The quantitative estimate of drug-likeness (QED) is 0.322. The van der Waals surface area contributed by atoms with E-state index in [0.29, 0.717) is 36.4 Å². The van der Waals surface area contributed by atoms with Crippen LogP contribution in [-0.2, 0) is 4.74 Å². The van der Waals surface area contributed by atoms with Crippen molar-refractivity contribution in [1.82, 2.24) is 29.5 Å². The van der Waals surface area contributed by atoms with Crippen molar-refractivity contribution in [2.45, 2.75) is 0 Å². The molecule has 0 spiro atoms. The lowest BCUT2D eigenvalue weighted by Gasteiger charge is -2.36. The van der Waals surface area contributed by atoms with E-state index in [2.05, 4.69) is 47.3 Å². The Morgan fingerprint density at radius 1 is 1.09 bits per heavy atom. The minimum atomic E-state index is 0.249. The molecule has 4 aromatic rings. The van der Waals surface area contributed by atoms with Crippen molar-refractivity contribution in [1.29, 1.82) is 0 Å². The van der Waals surface area contributed by atoms with Crippen molar-refractivity contribution in [3.63, 3.8) is 0 Å². The van der Waals surface area contributed by atoms with E-state index in [1.54, 1.807) is 13.3 Å². The Kier molecular flexibility index (Phi) is 6.91. The van der Waals surface area contributed by atoms with Crippen LogP contribution < -0.4 is 20.7 Å². The Balaban J connectivity index is 1.09. The SMILES string of the molecule is COCCOc1ccc(N2CCN(CCNc3cc4nc(-c5ncco5)nn4c(N)n3)CC2)cc1. The molecule has 3 aromatic heterocycles. The normalized spacial score (nSPS) is 14.5. The maximum atomic E-state index is 6.08. The number of hydrogen-bond acceptors (Lipinski definition) is 11. The smallest absolute Gasteiger partial charge is 0.266 e. The molecule has 3 N–H and O–H groups in total. The van der Waals surface area contributed by atoms with Crippen LogP contribution in [0, 0.1) is 0 Å². The zero-order valence-corrected chi connectivity index (χ0v) is 19.6. The minimum Gasteiger partial charge on any atom is -0.491 e. The van der Waals surface area contributed by atoms with E-state index in [0.717, 1.165) is 45.0 Å². The van der Waals surface area contributed by atoms with Crippen molar-refractivity contribution in [2.24, 2.45) is 0 Å². The number of nitrogen functional groups attached to an aromatic ring is 1. The Bertz CT molecular complexity index is 1220. The predicted octanol–water partition coefficient (Wildman–Crippen LogP) is 1.62. The second kappa shape index (κ2) is 10.6. The van der Waals surface area contributed by atoms with E-state index < -0.39 is 0 Å². The number of nitrogens with two attached hydrogens (primary N) is 1. The first-order valence-electron chi connectivity index (χ1n) is 11.6. The fourth-order valence-electron chi connectivity index (χ4n) is 3.99. The van der Waals surface area contributed by atoms with Gasteiger partial charge in [-0.25, -0.2) is 9.97 Å². The van der Waals surface area contributed by atoms with Gasteiger partial charge in [-0.3, -0.25) is 4.90 Å². The summed E-state index contributed by atoms with van der Waals surface area (Å²) >= 11 is 0. The summed E-state index contributed by atoms with van der Waals surface area (Å²) in [5.74, 6) is 2.48. The third-order valence-corrected chi connectivity index (χ3v) is 5.84. The molecular formula is C23H29N9O3. The van der Waals surface area contributed by atoms with Gasteiger partial charge in [0.15, 0.2) is 5.65 Å². The summed E-state index contributed by atoms with van der Waals surface area (Å²) in [5.41, 5.74) is 7.87. The number of fused-ring (bicyclic) bond motifs is 1. The maximum absolute atomic E-state index is 6.08. The van der Waals surface area contributed by atoms with Crippen molar-refractivity contribution in [3.05, 3.63) is 42.8 Å². The molecule has 12 nitrogen and oxygen atoms in total. The average molecular weight is 480 g/mol. The zero-order chi connectivity index (χ0) is 24.0. The number of piperazine rings is 1. The summed E-state index contributed by atoms with van der Waals surface area (Å²) in [4.78, 5) is 17.7. The van der Waals surface area contributed by atoms with E-state index >= 15 is 0 Å². The number of benzene rings is 1. The molecule has 12 heteroatoms. The summed E-state index contributed by atoms with van der Waals surface area (Å²) < 4.78 is 17.4. The summed E-state index contributed by atoms with van der Waals surface area (Å²) in [6.07, 6.45) is 3.03. The molecule has 0 atom stereocenters. The fourth-order valence-corrected chi connectivity index (χ4v) is 3.99. The van der Waals surface area contributed by atoms with Crippen LogP contribution in [0.3, 0.4) is 0 Å². The predicted molar refractivity (Wildman–Crippen MR) is 132 cm³/mol. The third-order valence-electron chi connectivity index (χ3n) is 5.84. The highest BCUT2D eigenvalue weighted by Gasteiger charge is 2.17. The van der Waals surface area contributed by atoms with Crippen molar-refractivity contribution in [3.8, 4) is 17.5 Å². The van der Waals surface area contributed by atoms with Crippen molar-refractivity contribution < 1.29 is 13.9 Å². The van der Waals surface area contributed by atoms with Gasteiger partial charge in [-0.15, -0.1) is 5.10 Å². The van der Waals surface area contributed by atoms with Crippen LogP contribution in [0.5, 0.6) is 5.75 Å². The number of anilines is 3. The fraction of sp³-hybridized carbons (Fsp3) is 0.391. The largest absolute Gasteiger partial charge is 0.491 e. The molecule has 0 amide bonds. The number of ether oxygens (including phenoxy) is 2. The van der Waals surface area contributed by atoms with Gasteiger partial charge in [0, 0.05) is 58.1 Å². The first-order chi connectivity index (χ1) is 17.2. The van der Waals surface area contributed by atoms with E-state index in [1.165, 1.54) is 16.5 Å². The summed E-state index contributed by atoms with van der Waals surface area (Å²) in [7, 11) is 1.67. The first-order valence-corrected chi connectivity index (χ1v) is 11.6. The highest BCUT2D eigenvalue weighted by atomic mass is 16.5. The third kappa shape index (κ3) is 5.44. The number of hydrogen-bond donors (Lipinski definition) is 2. The Labute approximate surface area is 202 Å². The molecule has 0 unspecified atom stereocenters. The van der Waals surface area contributed by atoms with Crippen LogP contribution in [0.4, 0.5) is 17.5 Å². The molecule has 1 aromatic carbocycles. The molecule has 0 radical (unpaired) electrons. The Morgan fingerprint density at radius 3 is 2.66 bits per heavy atom. The first kappa shape index (κ1) is 22.9. The van der Waals surface area contributed by atoms with E-state index in [4.69, 9.17) is 19.6 Å². The second-order valence-corrected chi connectivity index (χ2v) is 8.13. The van der Waals surface area contributed by atoms with Crippen LogP contribution in [-0.4, -0.2) is 89.1 Å². The highest BCUT2D eigenvalue weighted by molar-refractivity contribution is 5.57. The summed E-state index contributed by atoms with van der Waals surface area (Å²) in [6.45, 7) is 6.73. The molecule has 1 saturated heterocycles. The van der Waals surface area contributed by atoms with Crippen molar-refractivity contribution in [2.75, 3.05) is 75.5 Å². The van der Waals surface area contributed by atoms with Gasteiger partial charge in [-0.05, 0) is 24.3 Å². The molecule has 35 heavy (non-hydrogen) atoms. The number of nitrogens with one attached hydrogen (secondary N) is 1. The lowest BCUT2D eigenvalue weighted by Crippen LogP contribution is -2.47. The zero-order valence-electron chi connectivity index (χ0n) is 19.6. The van der Waals surface area contributed by atoms with Crippen LogP contribution in [0.25, 0.3) is 17.4 Å². The van der Waals surface area contributed by atoms with E-state index in [-0.39, 0.29) is 5.95 Å². The molecule has 0 aliphatic carbocycles. The molecule has 4 heterocycles. The van der Waals surface area contributed by atoms with E-state index in [1.807, 2.05) is 18.2 Å². The lowest BCUT2D eigenvalue weighted by molar-refractivity contribution is 0.146. The molecule has 1 aliphatic rings. The molecule has 5 rings (SSSR count). The number of methoxy groups -OCH3 is 1. The molecule has 184 valence electrons. The van der Waals surface area contributed by atoms with Crippen LogP contribution in [0.15, 0.2) is 47.2 Å². The minimum absolute atomic E-state index is 0.249. The topological polar surface area (TPSA) is 132 Å². The van der Waals surface area contributed by atoms with Gasteiger partial charge in [0.25, 0.3) is 5.89 Å². The van der Waals surface area contributed by atoms with Gasteiger partial charge in [-0.1, -0.05) is 0 Å². The number of aromatic nitrogens is 5. The van der Waals surface area contributed by atoms with Crippen LogP contribution in [0.1, 0.15) is 0 Å². The maximum Gasteiger partial charge on any atom is 0.266 e. The van der Waals surface area contributed by atoms with Gasteiger partial charge >= 0.3 is 0 Å². The van der Waals surface area contributed by atoms with Crippen LogP contribution in [0.2, 0.25) is 0 Å². The number of rotatable bonds is 10. The number of nitrogens with zero attached hydrogens (tertiary/aromatic N) is 7. The molecule has 1 aliphatic heterocycles. The summed E-state index contributed by atoms with van der Waals surface area (Å²) in [6, 6.07) is 10.1. The van der Waals surface area contributed by atoms with E-state index in [9.17, 15) is 0 Å². The van der Waals surface area contributed by atoms with Crippen LogP contribution >= 0.6 is 0 Å². The Morgan fingerprint density at radius 2 is 1.91 bits per heavy atom. The van der Waals surface area contributed by atoms with Gasteiger partial charge in [0.2, 0.25) is 11.8 Å². The van der Waals surface area contributed by atoms with Gasteiger partial charge in [-0.2, -0.15) is 9.50 Å². The standard InChI is InChI=1S/C23H29N9O3/c1-33-14-15-34-18-4-2-17(3-5-18)31-11-9-30(10-12-31)8-6-25-19-16-20-28-21(22-26-7-13-35-22)29-32(20)23(24)27-19/h2-5,7,13,16,25H,6,8-12,14-15H2,1H3,(H2,24,27). The summed E-state index contributed by atoms with van der Waals surface area (Å²) in [5, 5.41) is 7.66. The average Bonchev–Trinajstić information content (AvgIpc) is 3.56. The molecule has 0 saturated carbocycles.